The molecule has 9 heteroatoms. The predicted octanol–water partition coefficient (Wildman–Crippen LogP) is 32.7. The molecule has 4 aromatic heterocycles. The summed E-state index contributed by atoms with van der Waals surface area (Å²) in [7, 11) is 0. The summed E-state index contributed by atoms with van der Waals surface area (Å²) in [5.74, 6) is 0. The Balaban J connectivity index is 0.000000165. The van der Waals surface area contributed by atoms with Crippen molar-refractivity contribution in [2.24, 2.45) is 0 Å². The van der Waals surface area contributed by atoms with E-state index in [9.17, 15) is 0 Å². The maximum atomic E-state index is 6.74. The van der Waals surface area contributed by atoms with Crippen molar-refractivity contribution in [2.75, 3.05) is 15.1 Å². The topological polar surface area (TPSA) is 71.1 Å². The molecule has 0 aliphatic rings. The number of fused-ring (bicyclic) bond motifs is 14. The third-order valence-electron chi connectivity index (χ3n) is 22.2. The molecule has 14 aromatic carbocycles. The van der Waals surface area contributed by atoms with E-state index in [1.807, 2.05) is 36.4 Å². The largest absolute Gasteiger partial charge is 0.456 e. The van der Waals surface area contributed by atoms with Gasteiger partial charge in [-0.15, -0.1) is 0 Å². The highest BCUT2D eigenvalue weighted by atomic mass is 35.5. The molecule has 18 aromatic rings. The summed E-state index contributed by atoms with van der Waals surface area (Å²) >= 11 is 12.2. The molecular formula is C104H99Cl2N3O4. The van der Waals surface area contributed by atoms with Crippen LogP contribution in [-0.4, -0.2) is 0 Å². The van der Waals surface area contributed by atoms with Gasteiger partial charge in [-0.1, -0.05) is 221 Å². The first-order valence-corrected chi connectivity index (χ1v) is 40.1. The number of rotatable bonds is 8. The van der Waals surface area contributed by atoms with E-state index in [1.165, 1.54) is 33.4 Å². The van der Waals surface area contributed by atoms with E-state index >= 15 is 0 Å². The number of halogens is 2. The first kappa shape index (κ1) is 75.8. The maximum absolute atomic E-state index is 6.74. The van der Waals surface area contributed by atoms with Gasteiger partial charge < -0.3 is 32.8 Å². The monoisotopic (exact) mass is 1520 g/mol. The zero-order valence-corrected chi connectivity index (χ0v) is 69.7. The average Bonchev–Trinajstić information content (AvgIpc) is 1.60. The van der Waals surface area contributed by atoms with E-state index in [0.717, 1.165) is 155 Å². The van der Waals surface area contributed by atoms with Crippen LogP contribution in [0.1, 0.15) is 158 Å². The Bertz CT molecular complexity index is 6110. The van der Waals surface area contributed by atoms with Crippen LogP contribution in [0.2, 0.25) is 10.0 Å². The first-order valence-electron chi connectivity index (χ1n) is 39.4. The first-order chi connectivity index (χ1) is 53.5. The normalized spacial score (nSPS) is 12.6. The highest BCUT2D eigenvalue weighted by Gasteiger charge is 2.25. The summed E-state index contributed by atoms with van der Waals surface area (Å²) < 4.78 is 25.5. The summed E-state index contributed by atoms with van der Waals surface area (Å²) in [4.78, 5) is 4.66. The summed E-state index contributed by atoms with van der Waals surface area (Å²) in [6, 6.07) is 95.4. The van der Waals surface area contributed by atoms with Crippen LogP contribution < -0.4 is 15.1 Å². The Morgan fingerprint density at radius 3 is 0.637 bits per heavy atom. The molecule has 0 saturated carbocycles. The molecule has 0 bridgehead atoms. The van der Waals surface area contributed by atoms with Crippen molar-refractivity contribution < 1.29 is 17.7 Å². The number of anilines is 8. The van der Waals surface area contributed by atoms with Gasteiger partial charge in [0, 0.05) is 123 Å². The average molecular weight is 1530 g/mol. The van der Waals surface area contributed by atoms with Crippen molar-refractivity contribution in [1.82, 2.24) is 0 Å². The number of furan rings is 4. The molecule has 0 aliphatic heterocycles. The van der Waals surface area contributed by atoms with Gasteiger partial charge in [-0.3, -0.25) is 0 Å². The Morgan fingerprint density at radius 1 is 0.204 bits per heavy atom. The number of hydrogen-bond acceptors (Lipinski definition) is 7. The second kappa shape index (κ2) is 28.5. The number of benzene rings is 14. The lowest BCUT2D eigenvalue weighted by Gasteiger charge is -2.28. The fraction of sp³-hybridized carbons (Fsp3) is 0.231. The molecule has 7 nitrogen and oxygen atoms in total. The van der Waals surface area contributed by atoms with Crippen molar-refractivity contribution in [3.05, 3.63) is 310 Å². The molecule has 0 radical (unpaired) electrons. The van der Waals surface area contributed by atoms with E-state index in [1.54, 1.807) is 0 Å². The van der Waals surface area contributed by atoms with E-state index in [0.29, 0.717) is 10.0 Å². The van der Waals surface area contributed by atoms with Gasteiger partial charge >= 0.3 is 0 Å². The van der Waals surface area contributed by atoms with Gasteiger partial charge in [-0.05, 0) is 257 Å². The van der Waals surface area contributed by atoms with Gasteiger partial charge in [0.2, 0.25) is 0 Å². The van der Waals surface area contributed by atoms with Gasteiger partial charge in [0.1, 0.15) is 44.7 Å². The lowest BCUT2D eigenvalue weighted by atomic mass is 9.86. The zero-order chi connectivity index (χ0) is 79.6. The minimum atomic E-state index is 0.0646. The molecule has 0 unspecified atom stereocenters. The summed E-state index contributed by atoms with van der Waals surface area (Å²) in [5.41, 5.74) is 24.1. The van der Waals surface area contributed by atoms with Crippen molar-refractivity contribution >= 4 is 178 Å². The molecule has 0 aliphatic carbocycles. The summed E-state index contributed by atoms with van der Waals surface area (Å²) in [6.45, 7) is 40.5. The predicted molar refractivity (Wildman–Crippen MR) is 485 cm³/mol. The molecule has 0 fully saturated rings. The van der Waals surface area contributed by atoms with Crippen molar-refractivity contribution in [3.8, 4) is 0 Å². The molecule has 0 atom stereocenters. The van der Waals surface area contributed by atoms with Crippen molar-refractivity contribution in [3.63, 3.8) is 0 Å². The van der Waals surface area contributed by atoms with Gasteiger partial charge in [0.05, 0.1) is 0 Å². The van der Waals surface area contributed by atoms with E-state index < -0.39 is 0 Å². The van der Waals surface area contributed by atoms with Crippen LogP contribution in [0, 0.1) is 0 Å². The second-order valence-corrected chi connectivity index (χ2v) is 37.6. The molecule has 568 valence electrons. The Hall–Kier alpha value is -11.2. The molecule has 18 rings (SSSR count). The molecule has 0 amide bonds. The SMILES string of the molecule is CC(C)(C)c1ccc(N(c2ccc(C(C)(C)C)cc2)c2ccc3c(c2)oc2cc4cc5oc6cc(N(c7ccc(C(C)(C)C)cc7)c7ccc(C(C)(C)C)cc7)ccc6c5cc4cc23)cc1.CC(C)(C)c1ccc(Nc2ccc(C(C)(C)C)cc2)cc1.Clc1ccc2c(c1)oc1cc3cc4oc5cc(Cl)ccc5c4cc3cc12. The van der Waals surface area contributed by atoms with Crippen LogP contribution in [-0.2, 0) is 32.5 Å². The second-order valence-electron chi connectivity index (χ2n) is 36.8. The van der Waals surface area contributed by atoms with E-state index in [-0.39, 0.29) is 32.5 Å². The molecule has 4 heterocycles. The maximum Gasteiger partial charge on any atom is 0.137 e. The summed E-state index contributed by atoms with van der Waals surface area (Å²) in [5, 5.41) is 17.9. The number of nitrogens with zero attached hydrogens (tertiary/aromatic N) is 2. The lowest BCUT2D eigenvalue weighted by molar-refractivity contribution is 0.590. The van der Waals surface area contributed by atoms with Crippen LogP contribution in [0.3, 0.4) is 0 Å². The minimum absolute atomic E-state index is 0.0646. The Morgan fingerprint density at radius 2 is 0.398 bits per heavy atom. The van der Waals surface area contributed by atoms with E-state index in [2.05, 4.69) is 370 Å². The third-order valence-corrected chi connectivity index (χ3v) is 22.7. The van der Waals surface area contributed by atoms with Crippen LogP contribution >= 0.6 is 23.2 Å². The molecule has 113 heavy (non-hydrogen) atoms. The van der Waals surface area contributed by atoms with Crippen LogP contribution in [0.25, 0.3) is 109 Å². The number of nitrogens with one attached hydrogen (secondary N) is 1. The fourth-order valence-electron chi connectivity index (χ4n) is 15.4. The lowest BCUT2D eigenvalue weighted by Crippen LogP contribution is -2.14. The Labute approximate surface area is 673 Å². The Kier molecular flexibility index (Phi) is 19.1. The summed E-state index contributed by atoms with van der Waals surface area (Å²) in [6.07, 6.45) is 0. The molecule has 1 N–H and O–H groups in total. The van der Waals surface area contributed by atoms with E-state index in [4.69, 9.17) is 40.9 Å². The molecular weight excluding hydrogens is 1430 g/mol. The zero-order valence-electron chi connectivity index (χ0n) is 68.2. The van der Waals surface area contributed by atoms with Crippen LogP contribution in [0.5, 0.6) is 0 Å². The smallest absolute Gasteiger partial charge is 0.137 e. The fourth-order valence-corrected chi connectivity index (χ4v) is 15.7. The van der Waals surface area contributed by atoms with Gasteiger partial charge in [0.15, 0.2) is 0 Å². The molecule has 0 saturated heterocycles. The van der Waals surface area contributed by atoms with Gasteiger partial charge in [-0.25, -0.2) is 0 Å². The molecule has 0 spiro atoms. The van der Waals surface area contributed by atoms with Gasteiger partial charge in [-0.2, -0.15) is 0 Å². The highest BCUT2D eigenvalue weighted by Crippen LogP contribution is 2.46. The third kappa shape index (κ3) is 15.4. The quantitative estimate of drug-likeness (QED) is 0.163. The van der Waals surface area contributed by atoms with Crippen LogP contribution in [0.4, 0.5) is 45.5 Å². The van der Waals surface area contributed by atoms with Crippen molar-refractivity contribution in [2.45, 2.75) is 157 Å². The van der Waals surface area contributed by atoms with Crippen molar-refractivity contribution in [1.29, 1.82) is 0 Å². The minimum Gasteiger partial charge on any atom is -0.456 e. The van der Waals surface area contributed by atoms with Crippen LogP contribution in [0.15, 0.2) is 285 Å². The van der Waals surface area contributed by atoms with Gasteiger partial charge in [0.25, 0.3) is 0 Å². The number of hydrogen-bond donors (Lipinski definition) is 1. The standard InChI is InChI=1S/C62H62N2O2.C22H10Cl2O2.C20H27N/c1-59(2,3)41-13-21-45(22-14-41)63(46-23-15-42(16-24-46)60(4,5)6)49-29-31-51-53-33-39-34-54-52-32-30-50(38-58(52)66-56(54)36-40(39)35-55(53)65-57(51)37-49)64(47-25-17-43(18-26-47)61(7,8)9)48-27-19-44(20-28-48)62(10,11)12;23-13-1-3-15-17-5-11-6-18-16-4-2-14(24)10-22(16)26-20(18)8-12(11)7-19(17)25-21(15)9-13;1-19(2,3)15-7-11-17(12-8-15)21-18-13-9-16(10-14-18)20(4,5)6/h13-38H,1-12H3;1-10H;7-14,21H,1-6H3. The highest BCUT2D eigenvalue weighted by molar-refractivity contribution is 6.32.